The number of imide groups is 1. The quantitative estimate of drug-likeness (QED) is 0.401. The van der Waals surface area contributed by atoms with Crippen molar-refractivity contribution in [2.45, 2.75) is 80.7 Å². The number of nitrogens with zero attached hydrogens (tertiary/aromatic N) is 1. The van der Waals surface area contributed by atoms with Crippen LogP contribution in [0.15, 0.2) is 30.3 Å². The molecule has 2 atom stereocenters. The molecule has 1 N–H and O–H groups in total. The third-order valence-electron chi connectivity index (χ3n) is 5.41. The fourth-order valence-electron chi connectivity index (χ4n) is 3.54. The Kier molecular flexibility index (Phi) is 12.0. The first kappa shape index (κ1) is 30.7. The molecule has 2 rings (SSSR count). The first-order valence-electron chi connectivity index (χ1n) is 12.3. The summed E-state index contributed by atoms with van der Waals surface area (Å²) in [5.74, 6) is -1.40. The van der Waals surface area contributed by atoms with E-state index in [1.54, 1.807) is 31.2 Å². The van der Waals surface area contributed by atoms with E-state index in [4.69, 9.17) is 0 Å². The van der Waals surface area contributed by atoms with Crippen LogP contribution in [-0.2, 0) is 4.79 Å². The Morgan fingerprint density at radius 3 is 2.17 bits per heavy atom. The third kappa shape index (κ3) is 8.68. The van der Waals surface area contributed by atoms with Crippen LogP contribution in [0.4, 0.5) is 13.6 Å². The van der Waals surface area contributed by atoms with Crippen molar-refractivity contribution in [2.75, 3.05) is 6.54 Å². The second-order valence-electron chi connectivity index (χ2n) is 9.72. The summed E-state index contributed by atoms with van der Waals surface area (Å²) in [5.41, 5.74) is 1.27. The maximum atomic E-state index is 14.6. The maximum Gasteiger partial charge on any atom is 0.324 e. The van der Waals surface area contributed by atoms with Crippen LogP contribution >= 0.6 is 9.24 Å². The van der Waals surface area contributed by atoms with Crippen molar-refractivity contribution in [1.82, 2.24) is 10.2 Å². The summed E-state index contributed by atoms with van der Waals surface area (Å²) in [6.45, 7) is 15.7. The van der Waals surface area contributed by atoms with Crippen molar-refractivity contribution < 1.29 is 18.4 Å². The molecule has 7 heteroatoms. The number of amides is 3. The van der Waals surface area contributed by atoms with Crippen LogP contribution in [0, 0.1) is 24.0 Å². The van der Waals surface area contributed by atoms with Crippen LogP contribution in [0.25, 0.3) is 11.1 Å². The fraction of sp³-hybridized carbons (Fsp3) is 0.500. The summed E-state index contributed by atoms with van der Waals surface area (Å²) >= 11 is 0. The molecule has 0 saturated heterocycles. The number of hydrogen-bond donors (Lipinski definition) is 1. The van der Waals surface area contributed by atoms with Gasteiger partial charge >= 0.3 is 6.03 Å². The van der Waals surface area contributed by atoms with Crippen molar-refractivity contribution in [3.05, 3.63) is 53.1 Å². The van der Waals surface area contributed by atoms with Gasteiger partial charge in [0.1, 0.15) is 11.6 Å². The Balaban J connectivity index is 0.00000298. The minimum Gasteiger partial charge on any atom is -0.331 e. The van der Waals surface area contributed by atoms with E-state index in [1.807, 2.05) is 48.5 Å². The Morgan fingerprint density at radius 1 is 1.09 bits per heavy atom. The number of urea groups is 1. The average Bonchev–Trinajstić information content (AvgIpc) is 2.78. The van der Waals surface area contributed by atoms with Crippen LogP contribution in [0.2, 0.25) is 0 Å². The molecule has 0 aliphatic heterocycles. The molecule has 2 aromatic carbocycles. The molecule has 2 aromatic rings. The highest BCUT2D eigenvalue weighted by Gasteiger charge is 2.26. The molecule has 4 nitrogen and oxygen atoms in total. The van der Waals surface area contributed by atoms with Gasteiger partial charge in [0.05, 0.1) is 11.6 Å². The fourth-order valence-corrected chi connectivity index (χ4v) is 3.94. The summed E-state index contributed by atoms with van der Waals surface area (Å²) < 4.78 is 29.2. The van der Waals surface area contributed by atoms with Gasteiger partial charge in [-0.2, -0.15) is 0 Å². The smallest absolute Gasteiger partial charge is 0.324 e. The molecule has 0 aliphatic carbocycles. The second kappa shape index (κ2) is 13.7. The highest BCUT2D eigenvalue weighted by molar-refractivity contribution is 7.27. The van der Waals surface area contributed by atoms with E-state index in [0.717, 1.165) is 18.4 Å². The lowest BCUT2D eigenvalue weighted by molar-refractivity contribution is -0.130. The summed E-state index contributed by atoms with van der Waals surface area (Å²) in [6, 6.07) is 7.39. The molecule has 0 heterocycles. The van der Waals surface area contributed by atoms with Crippen molar-refractivity contribution in [3.8, 4) is 11.1 Å². The van der Waals surface area contributed by atoms with E-state index in [-0.39, 0.29) is 29.3 Å². The van der Waals surface area contributed by atoms with Gasteiger partial charge in [-0.15, -0.1) is 9.24 Å². The van der Waals surface area contributed by atoms with E-state index >= 15 is 0 Å². The average molecular weight is 507 g/mol. The molecular formula is C28H41F2N2O2P. The molecule has 0 saturated carbocycles. The van der Waals surface area contributed by atoms with Crippen molar-refractivity contribution in [3.63, 3.8) is 0 Å². The Bertz CT molecular complexity index is 975. The maximum absolute atomic E-state index is 14.6. The van der Waals surface area contributed by atoms with E-state index in [0.29, 0.717) is 23.0 Å². The van der Waals surface area contributed by atoms with E-state index in [9.17, 15) is 18.4 Å². The monoisotopic (exact) mass is 506 g/mol. The van der Waals surface area contributed by atoms with Gasteiger partial charge in [-0.1, -0.05) is 72.2 Å². The number of hydrogen-bond acceptors (Lipinski definition) is 2. The molecule has 194 valence electrons. The zero-order valence-corrected chi connectivity index (χ0v) is 23.5. The molecule has 0 bridgehead atoms. The number of rotatable bonds is 7. The summed E-state index contributed by atoms with van der Waals surface area (Å²) in [5, 5.41) is 3.19. The first-order chi connectivity index (χ1) is 16.4. The van der Waals surface area contributed by atoms with Crippen LogP contribution in [0.1, 0.15) is 84.9 Å². The number of nitrogens with one attached hydrogen (secondary N) is 1. The van der Waals surface area contributed by atoms with E-state index in [1.165, 1.54) is 11.0 Å². The number of halogens is 2. The predicted molar refractivity (Wildman–Crippen MR) is 145 cm³/mol. The van der Waals surface area contributed by atoms with Gasteiger partial charge in [0.25, 0.3) is 0 Å². The highest BCUT2D eigenvalue weighted by atomic mass is 31.0. The first-order valence-corrected chi connectivity index (χ1v) is 12.9. The Morgan fingerprint density at radius 2 is 1.66 bits per heavy atom. The Hall–Kier alpha value is -2.33. The molecule has 0 spiro atoms. The number of unbranched alkanes of at least 4 members (excludes halogenated alkanes) is 1. The van der Waals surface area contributed by atoms with Gasteiger partial charge in [0, 0.05) is 18.3 Å². The number of aryl methyl sites for hydroxylation is 1. The van der Waals surface area contributed by atoms with E-state index < -0.39 is 17.7 Å². The van der Waals surface area contributed by atoms with Crippen molar-refractivity contribution in [2.24, 2.45) is 5.41 Å². The normalized spacial score (nSPS) is 11.9. The lowest BCUT2D eigenvalue weighted by Crippen LogP contribution is -2.46. The molecule has 2 unspecified atom stereocenters. The van der Waals surface area contributed by atoms with Gasteiger partial charge in [-0.25, -0.2) is 13.6 Å². The van der Waals surface area contributed by atoms with Crippen molar-refractivity contribution >= 4 is 26.5 Å². The van der Waals surface area contributed by atoms with Crippen LogP contribution in [0.3, 0.4) is 0 Å². The SMILES string of the molecule is CC.CCCCN(C(=O)CC(C)(C)C)C(=O)NC(C)c1ccc(-c2c(F)c(C)cc(P)c2F)cc1. The zero-order chi connectivity index (χ0) is 26.9. The number of carbonyl (C=O) groups is 2. The zero-order valence-electron chi connectivity index (χ0n) is 22.4. The summed E-state index contributed by atoms with van der Waals surface area (Å²) in [6.07, 6.45) is 1.88. The summed E-state index contributed by atoms with van der Waals surface area (Å²) in [7, 11) is 2.29. The molecule has 0 radical (unpaired) electrons. The molecule has 0 aliphatic rings. The predicted octanol–water partition coefficient (Wildman–Crippen LogP) is 7.30. The minimum atomic E-state index is -0.610. The van der Waals surface area contributed by atoms with Gasteiger partial charge < -0.3 is 5.32 Å². The number of benzene rings is 2. The van der Waals surface area contributed by atoms with Gasteiger partial charge in [0.15, 0.2) is 0 Å². The largest absolute Gasteiger partial charge is 0.331 e. The summed E-state index contributed by atoms with van der Waals surface area (Å²) in [4.78, 5) is 26.9. The molecule has 35 heavy (non-hydrogen) atoms. The minimum absolute atomic E-state index is 0.0678. The highest BCUT2D eigenvalue weighted by Crippen LogP contribution is 2.29. The number of carbonyl (C=O) groups excluding carboxylic acids is 2. The molecule has 3 amide bonds. The lowest BCUT2D eigenvalue weighted by atomic mass is 9.91. The van der Waals surface area contributed by atoms with Crippen molar-refractivity contribution in [1.29, 1.82) is 0 Å². The van der Waals surface area contributed by atoms with Crippen LogP contribution in [-0.4, -0.2) is 23.4 Å². The third-order valence-corrected chi connectivity index (χ3v) is 5.83. The second-order valence-corrected chi connectivity index (χ2v) is 10.3. The molecular weight excluding hydrogens is 465 g/mol. The van der Waals surface area contributed by atoms with Gasteiger partial charge in [-0.3, -0.25) is 9.69 Å². The Labute approximate surface area is 212 Å². The van der Waals surface area contributed by atoms with Crippen LogP contribution in [0.5, 0.6) is 0 Å². The van der Waals surface area contributed by atoms with Gasteiger partial charge in [0.2, 0.25) is 5.91 Å². The molecule has 0 fully saturated rings. The molecule has 0 aromatic heterocycles. The topological polar surface area (TPSA) is 49.4 Å². The van der Waals surface area contributed by atoms with Gasteiger partial charge in [-0.05, 0) is 48.4 Å². The standard InChI is InChI=1S/C26H35F2N2O2P.C2H6/c1-7-8-13-30(21(31)15-26(4,5)6)25(32)29-17(3)18-9-11-19(12-10-18)22-23(27)16(2)14-20(33)24(22)28;1-2/h9-12,14,17H,7-8,13,15,33H2,1-6H3,(H,29,32);1-2H3. The lowest BCUT2D eigenvalue weighted by Gasteiger charge is -2.27. The van der Waals surface area contributed by atoms with Crippen LogP contribution < -0.4 is 10.6 Å². The van der Waals surface area contributed by atoms with E-state index in [2.05, 4.69) is 14.6 Å².